The fraction of sp³-hybridized carbons (Fsp3) is 0.400. The third kappa shape index (κ3) is 3.04. The molecule has 0 aliphatic carbocycles. The Kier molecular flexibility index (Phi) is 5.32. The summed E-state index contributed by atoms with van der Waals surface area (Å²) in [7, 11) is 0. The fourth-order valence-electron chi connectivity index (χ4n) is 6.04. The zero-order valence-electron chi connectivity index (χ0n) is 18.5. The number of hydrogen-bond acceptors (Lipinski definition) is 6. The van der Waals surface area contributed by atoms with Gasteiger partial charge in [-0.1, -0.05) is 36.9 Å². The maximum atomic E-state index is 13.5. The van der Waals surface area contributed by atoms with E-state index in [0.717, 1.165) is 18.4 Å². The lowest BCUT2D eigenvalue weighted by Crippen LogP contribution is -2.55. The first-order valence-electron chi connectivity index (χ1n) is 11.4. The molecule has 0 aromatic heterocycles. The molecule has 33 heavy (non-hydrogen) atoms. The van der Waals surface area contributed by atoms with Gasteiger partial charge in [-0.2, -0.15) is 0 Å². The summed E-state index contributed by atoms with van der Waals surface area (Å²) in [6, 6.07) is 11.6. The first-order valence-corrected chi connectivity index (χ1v) is 11.4. The van der Waals surface area contributed by atoms with E-state index in [-0.39, 0.29) is 16.9 Å². The van der Waals surface area contributed by atoms with Gasteiger partial charge in [0.05, 0.1) is 12.5 Å². The van der Waals surface area contributed by atoms with Gasteiger partial charge >= 0.3 is 0 Å². The number of para-hydroxylation sites is 1. The standard InChI is InChI=1S/C25H27N3O5/c1-3-14-33-20-12-11-16(15-21(20)32-4-2)22-19-10-7-13-27(19)25(23(22)28(30)31)17-8-5-6-9-18(17)26-24(25)29/h3,5-6,8-9,11-12,15,19,22-23H,1,4,7,10,13-14H2,2H3,(H,26,29)/t19-,22+,23-,25+/m0/s1. The van der Waals surface area contributed by atoms with Gasteiger partial charge in [-0.15, -0.1) is 0 Å². The topological polar surface area (TPSA) is 93.9 Å². The SMILES string of the molecule is C=CCOc1ccc([C@H]2[C@H]([N+](=O)[O-])[C@]3(C(=O)Nc4ccccc43)N3CCC[C@@H]23)cc1OCC. The van der Waals surface area contributed by atoms with Crippen molar-refractivity contribution in [3.05, 3.63) is 76.4 Å². The number of anilines is 1. The summed E-state index contributed by atoms with van der Waals surface area (Å²) in [6.45, 7) is 6.97. The molecule has 0 saturated carbocycles. The van der Waals surface area contributed by atoms with Crippen molar-refractivity contribution in [2.24, 2.45) is 0 Å². The number of amides is 1. The van der Waals surface area contributed by atoms with Gasteiger partial charge in [0.1, 0.15) is 6.61 Å². The lowest BCUT2D eigenvalue weighted by atomic mass is 9.77. The van der Waals surface area contributed by atoms with Crippen molar-refractivity contribution in [3.63, 3.8) is 0 Å². The van der Waals surface area contributed by atoms with Crippen LogP contribution >= 0.6 is 0 Å². The molecule has 2 fully saturated rings. The average Bonchev–Trinajstić information content (AvgIpc) is 3.46. The second-order valence-corrected chi connectivity index (χ2v) is 8.66. The summed E-state index contributed by atoms with van der Waals surface area (Å²) in [5, 5.41) is 15.6. The summed E-state index contributed by atoms with van der Waals surface area (Å²) < 4.78 is 11.5. The maximum absolute atomic E-state index is 13.5. The fourth-order valence-corrected chi connectivity index (χ4v) is 6.04. The summed E-state index contributed by atoms with van der Waals surface area (Å²) in [5.74, 6) is 0.335. The molecule has 1 amide bonds. The van der Waals surface area contributed by atoms with E-state index in [2.05, 4.69) is 16.8 Å². The molecule has 2 aromatic rings. The molecule has 3 aliphatic rings. The first kappa shape index (κ1) is 21.5. The molecule has 3 aliphatic heterocycles. The molecular weight excluding hydrogens is 422 g/mol. The Morgan fingerprint density at radius 2 is 2.09 bits per heavy atom. The van der Waals surface area contributed by atoms with Crippen LogP contribution in [0, 0.1) is 10.1 Å². The highest BCUT2D eigenvalue weighted by molar-refractivity contribution is 6.07. The summed E-state index contributed by atoms with van der Waals surface area (Å²) >= 11 is 0. The smallest absolute Gasteiger partial charge is 0.256 e. The van der Waals surface area contributed by atoms with Gasteiger partial charge in [0.15, 0.2) is 17.0 Å². The number of nitrogens with zero attached hydrogens (tertiary/aromatic N) is 2. The Balaban J connectivity index is 1.66. The van der Waals surface area contributed by atoms with Crippen molar-refractivity contribution < 1.29 is 19.2 Å². The van der Waals surface area contributed by atoms with Crippen LogP contribution in [-0.2, 0) is 10.3 Å². The van der Waals surface area contributed by atoms with E-state index in [1.165, 1.54) is 0 Å². The maximum Gasteiger partial charge on any atom is 0.256 e. The number of carbonyl (C=O) groups is 1. The van der Waals surface area contributed by atoms with E-state index < -0.39 is 17.5 Å². The Bertz CT molecular complexity index is 1120. The molecule has 8 nitrogen and oxygen atoms in total. The van der Waals surface area contributed by atoms with Crippen molar-refractivity contribution in [3.8, 4) is 11.5 Å². The first-order chi connectivity index (χ1) is 16.0. The zero-order valence-corrected chi connectivity index (χ0v) is 18.5. The number of fused-ring (bicyclic) bond motifs is 4. The second kappa shape index (κ2) is 8.19. The largest absolute Gasteiger partial charge is 0.490 e. The highest BCUT2D eigenvalue weighted by Gasteiger charge is 2.73. The van der Waals surface area contributed by atoms with Crippen LogP contribution in [-0.4, -0.2) is 47.6 Å². The zero-order chi connectivity index (χ0) is 23.2. The highest BCUT2D eigenvalue weighted by atomic mass is 16.6. The number of hydrogen-bond donors (Lipinski definition) is 1. The number of nitrogens with one attached hydrogen (secondary N) is 1. The molecule has 0 radical (unpaired) electrons. The van der Waals surface area contributed by atoms with Crippen molar-refractivity contribution in [2.75, 3.05) is 25.1 Å². The molecule has 172 valence electrons. The Morgan fingerprint density at radius 1 is 1.27 bits per heavy atom. The number of benzene rings is 2. The van der Waals surface area contributed by atoms with Gasteiger partial charge in [-0.3, -0.25) is 19.8 Å². The third-order valence-electron chi connectivity index (χ3n) is 7.10. The number of ether oxygens (including phenoxy) is 2. The molecule has 2 aromatic carbocycles. The van der Waals surface area contributed by atoms with Crippen LogP contribution in [0.4, 0.5) is 5.69 Å². The number of nitro groups is 1. The summed E-state index contributed by atoms with van der Waals surface area (Å²) in [4.78, 5) is 28.0. The molecule has 1 spiro atoms. The molecular formula is C25H27N3O5. The second-order valence-electron chi connectivity index (χ2n) is 8.66. The van der Waals surface area contributed by atoms with Crippen LogP contribution in [0.25, 0.3) is 0 Å². The molecule has 5 rings (SSSR count). The van der Waals surface area contributed by atoms with Crippen molar-refractivity contribution in [1.29, 1.82) is 0 Å². The van der Waals surface area contributed by atoms with E-state index in [0.29, 0.717) is 42.5 Å². The molecule has 0 bridgehead atoms. The van der Waals surface area contributed by atoms with Gasteiger partial charge in [0, 0.05) is 28.8 Å². The van der Waals surface area contributed by atoms with Gasteiger partial charge in [0.25, 0.3) is 11.9 Å². The Labute approximate surface area is 192 Å². The average molecular weight is 450 g/mol. The van der Waals surface area contributed by atoms with Crippen LogP contribution in [0.3, 0.4) is 0 Å². The van der Waals surface area contributed by atoms with E-state index in [1.807, 2.05) is 43.3 Å². The van der Waals surface area contributed by atoms with E-state index in [4.69, 9.17) is 9.47 Å². The molecule has 8 heteroatoms. The molecule has 2 saturated heterocycles. The highest BCUT2D eigenvalue weighted by Crippen LogP contribution is 2.58. The lowest BCUT2D eigenvalue weighted by Gasteiger charge is -2.32. The van der Waals surface area contributed by atoms with Crippen molar-refractivity contribution >= 4 is 11.6 Å². The Morgan fingerprint density at radius 3 is 2.85 bits per heavy atom. The van der Waals surface area contributed by atoms with Crippen LogP contribution in [0.15, 0.2) is 55.1 Å². The van der Waals surface area contributed by atoms with Gasteiger partial charge in [-0.25, -0.2) is 0 Å². The van der Waals surface area contributed by atoms with Crippen LogP contribution in [0.2, 0.25) is 0 Å². The minimum absolute atomic E-state index is 0.119. The Hall–Kier alpha value is -3.39. The molecule has 4 atom stereocenters. The minimum atomic E-state index is -1.32. The normalized spacial score (nSPS) is 27.8. The number of rotatable bonds is 7. The van der Waals surface area contributed by atoms with E-state index in [9.17, 15) is 14.9 Å². The number of carbonyl (C=O) groups excluding carboxylic acids is 1. The lowest BCUT2D eigenvalue weighted by molar-refractivity contribution is -0.534. The molecule has 0 unspecified atom stereocenters. The van der Waals surface area contributed by atoms with Crippen molar-refractivity contribution in [1.82, 2.24) is 4.90 Å². The van der Waals surface area contributed by atoms with E-state index >= 15 is 0 Å². The summed E-state index contributed by atoms with van der Waals surface area (Å²) in [5.41, 5.74) is 0.818. The summed E-state index contributed by atoms with van der Waals surface area (Å²) in [6.07, 6.45) is 3.34. The predicted molar refractivity (Wildman–Crippen MR) is 123 cm³/mol. The monoisotopic (exact) mass is 449 g/mol. The molecule has 3 heterocycles. The van der Waals surface area contributed by atoms with Gasteiger partial charge < -0.3 is 14.8 Å². The third-order valence-corrected chi connectivity index (χ3v) is 7.10. The minimum Gasteiger partial charge on any atom is -0.490 e. The van der Waals surface area contributed by atoms with Crippen LogP contribution in [0.1, 0.15) is 36.8 Å². The van der Waals surface area contributed by atoms with Crippen LogP contribution < -0.4 is 14.8 Å². The molecule has 1 N–H and O–H groups in total. The quantitative estimate of drug-likeness (QED) is 0.394. The van der Waals surface area contributed by atoms with Crippen LogP contribution in [0.5, 0.6) is 11.5 Å². The van der Waals surface area contributed by atoms with Crippen molar-refractivity contribution in [2.45, 2.75) is 43.3 Å². The predicted octanol–water partition coefficient (Wildman–Crippen LogP) is 3.70. The van der Waals surface area contributed by atoms with Gasteiger partial charge in [0.2, 0.25) is 0 Å². The van der Waals surface area contributed by atoms with E-state index in [1.54, 1.807) is 12.1 Å². The van der Waals surface area contributed by atoms with Gasteiger partial charge in [-0.05, 0) is 43.5 Å².